The van der Waals surface area contributed by atoms with E-state index in [1.807, 2.05) is 12.1 Å². The van der Waals surface area contributed by atoms with E-state index in [1.165, 1.54) is 0 Å². The Bertz CT molecular complexity index is 248. The molecule has 0 heterocycles. The molecule has 0 bridgehead atoms. The summed E-state index contributed by atoms with van der Waals surface area (Å²) in [5.74, 6) is 0. The van der Waals surface area contributed by atoms with Crippen molar-refractivity contribution >= 4 is 23.2 Å². The molecule has 0 fully saturated rings. The van der Waals surface area contributed by atoms with Crippen LogP contribution < -0.4 is 0 Å². The van der Waals surface area contributed by atoms with Crippen LogP contribution >= 0.6 is 23.2 Å². The lowest BCUT2D eigenvalue weighted by atomic mass is 10.2. The van der Waals surface area contributed by atoms with Gasteiger partial charge in [-0.3, -0.25) is 0 Å². The molecule has 0 unspecified atom stereocenters. The first-order valence-corrected chi connectivity index (χ1v) is 3.81. The lowest BCUT2D eigenvalue weighted by molar-refractivity contribution is 0.229. The van der Waals surface area contributed by atoms with Gasteiger partial charge in [-0.1, -0.05) is 35.3 Å². The standard InChI is InChI=1S/C8H7Cl2O/c1-11-5-6-3-2-4-7(9)8(6)10/h2-4H,1,5H2. The van der Waals surface area contributed by atoms with Crippen LogP contribution in [0, 0.1) is 7.11 Å². The Labute approximate surface area is 75.9 Å². The van der Waals surface area contributed by atoms with E-state index >= 15 is 0 Å². The average Bonchev–Trinajstić information content (AvgIpc) is 1.99. The Hall–Kier alpha value is -0.240. The summed E-state index contributed by atoms with van der Waals surface area (Å²) in [7, 11) is 3.25. The third-order valence-electron chi connectivity index (χ3n) is 1.29. The van der Waals surface area contributed by atoms with Gasteiger partial charge in [0.1, 0.15) is 0 Å². The van der Waals surface area contributed by atoms with E-state index in [0.717, 1.165) is 5.56 Å². The van der Waals surface area contributed by atoms with Crippen LogP contribution in [0.15, 0.2) is 18.2 Å². The minimum Gasteiger partial charge on any atom is -0.374 e. The average molecular weight is 190 g/mol. The predicted molar refractivity (Wildman–Crippen MR) is 46.6 cm³/mol. The van der Waals surface area contributed by atoms with Crippen LogP contribution in [-0.4, -0.2) is 0 Å². The van der Waals surface area contributed by atoms with Gasteiger partial charge in [-0.25, -0.2) is 0 Å². The zero-order valence-corrected chi connectivity index (χ0v) is 7.32. The topological polar surface area (TPSA) is 9.23 Å². The van der Waals surface area contributed by atoms with Gasteiger partial charge in [-0.2, -0.15) is 0 Å². The largest absolute Gasteiger partial charge is 0.374 e. The summed E-state index contributed by atoms with van der Waals surface area (Å²) in [4.78, 5) is 0. The van der Waals surface area contributed by atoms with Crippen LogP contribution in [0.1, 0.15) is 5.56 Å². The molecule has 0 N–H and O–H groups in total. The van der Waals surface area contributed by atoms with E-state index in [9.17, 15) is 0 Å². The van der Waals surface area contributed by atoms with Gasteiger partial charge in [0.15, 0.2) is 0 Å². The maximum Gasteiger partial charge on any atom is 0.0733 e. The van der Waals surface area contributed by atoms with Gasteiger partial charge in [-0.15, -0.1) is 0 Å². The zero-order chi connectivity index (χ0) is 8.27. The fraction of sp³-hybridized carbons (Fsp3) is 0.125. The van der Waals surface area contributed by atoms with E-state index in [4.69, 9.17) is 23.2 Å². The van der Waals surface area contributed by atoms with Gasteiger partial charge in [0.05, 0.1) is 23.8 Å². The summed E-state index contributed by atoms with van der Waals surface area (Å²) in [5, 5.41) is 1.08. The molecule has 0 atom stereocenters. The van der Waals surface area contributed by atoms with E-state index in [2.05, 4.69) is 11.8 Å². The maximum atomic E-state index is 5.83. The van der Waals surface area contributed by atoms with Crippen LogP contribution in [0.5, 0.6) is 0 Å². The van der Waals surface area contributed by atoms with Crippen molar-refractivity contribution in [3.8, 4) is 0 Å². The molecule has 0 aliphatic rings. The van der Waals surface area contributed by atoms with Gasteiger partial charge in [0.2, 0.25) is 0 Å². The van der Waals surface area contributed by atoms with Crippen molar-refractivity contribution < 1.29 is 4.74 Å². The lowest BCUT2D eigenvalue weighted by Gasteiger charge is -2.02. The first-order valence-electron chi connectivity index (χ1n) is 3.05. The molecule has 0 aliphatic carbocycles. The second kappa shape index (κ2) is 3.96. The molecule has 0 aliphatic heterocycles. The van der Waals surface area contributed by atoms with Crippen LogP contribution in [0.3, 0.4) is 0 Å². The van der Waals surface area contributed by atoms with Crippen LogP contribution in [-0.2, 0) is 11.3 Å². The van der Waals surface area contributed by atoms with Gasteiger partial charge in [0.25, 0.3) is 0 Å². The number of hydrogen-bond acceptors (Lipinski definition) is 1. The molecule has 1 aromatic rings. The molecular weight excluding hydrogens is 183 g/mol. The fourth-order valence-corrected chi connectivity index (χ4v) is 1.14. The van der Waals surface area contributed by atoms with Crippen molar-refractivity contribution in [2.24, 2.45) is 0 Å². The molecule has 1 radical (unpaired) electrons. The minimum atomic E-state index is 0.388. The monoisotopic (exact) mass is 189 g/mol. The van der Waals surface area contributed by atoms with Crippen LogP contribution in [0.4, 0.5) is 0 Å². The Morgan fingerprint density at radius 3 is 2.73 bits per heavy atom. The second-order valence-corrected chi connectivity index (χ2v) is 2.85. The SMILES string of the molecule is [CH2]OCc1cccc(Cl)c1Cl. The van der Waals surface area contributed by atoms with Gasteiger partial charge in [0, 0.05) is 0 Å². The zero-order valence-electron chi connectivity index (χ0n) is 5.81. The highest BCUT2D eigenvalue weighted by Crippen LogP contribution is 2.25. The molecule has 0 amide bonds. The summed E-state index contributed by atoms with van der Waals surface area (Å²) in [6, 6.07) is 5.40. The summed E-state index contributed by atoms with van der Waals surface area (Å²) < 4.78 is 4.67. The minimum absolute atomic E-state index is 0.388. The summed E-state index contributed by atoms with van der Waals surface area (Å²) in [5.41, 5.74) is 0.856. The Morgan fingerprint density at radius 1 is 1.36 bits per heavy atom. The van der Waals surface area contributed by atoms with Gasteiger partial charge in [-0.05, 0) is 11.6 Å². The normalized spacial score (nSPS) is 10.1. The number of rotatable bonds is 2. The highest BCUT2D eigenvalue weighted by Gasteiger charge is 2.02. The smallest absolute Gasteiger partial charge is 0.0733 e. The molecule has 0 aromatic heterocycles. The second-order valence-electron chi connectivity index (χ2n) is 2.06. The van der Waals surface area contributed by atoms with E-state index < -0.39 is 0 Å². The predicted octanol–water partition coefficient (Wildman–Crippen LogP) is 3.30. The molecule has 59 valence electrons. The molecule has 11 heavy (non-hydrogen) atoms. The van der Waals surface area contributed by atoms with Crippen molar-refractivity contribution in [2.45, 2.75) is 6.61 Å². The molecule has 1 rings (SSSR count). The Morgan fingerprint density at radius 2 is 2.09 bits per heavy atom. The molecule has 1 nitrogen and oxygen atoms in total. The first kappa shape index (κ1) is 8.85. The quantitative estimate of drug-likeness (QED) is 0.695. The van der Waals surface area contributed by atoms with Crippen molar-refractivity contribution in [2.75, 3.05) is 0 Å². The van der Waals surface area contributed by atoms with Gasteiger partial charge >= 0.3 is 0 Å². The van der Waals surface area contributed by atoms with E-state index in [1.54, 1.807) is 6.07 Å². The highest BCUT2D eigenvalue weighted by atomic mass is 35.5. The van der Waals surface area contributed by atoms with Crippen molar-refractivity contribution in [3.63, 3.8) is 0 Å². The molecule has 3 heteroatoms. The molecule has 0 saturated heterocycles. The fourth-order valence-electron chi connectivity index (χ4n) is 0.770. The molecule has 1 aromatic carbocycles. The third-order valence-corrected chi connectivity index (χ3v) is 2.15. The first-order chi connectivity index (χ1) is 5.25. The number of benzene rings is 1. The van der Waals surface area contributed by atoms with Crippen LogP contribution in [0.25, 0.3) is 0 Å². The summed E-state index contributed by atoms with van der Waals surface area (Å²) in [6.45, 7) is 0.388. The van der Waals surface area contributed by atoms with E-state index in [-0.39, 0.29) is 0 Å². The van der Waals surface area contributed by atoms with Gasteiger partial charge < -0.3 is 4.74 Å². The lowest BCUT2D eigenvalue weighted by Crippen LogP contribution is -1.86. The Kier molecular flexibility index (Phi) is 3.18. The highest BCUT2D eigenvalue weighted by molar-refractivity contribution is 6.42. The number of ether oxygens (including phenoxy) is 1. The van der Waals surface area contributed by atoms with Crippen LogP contribution in [0.2, 0.25) is 10.0 Å². The summed E-state index contributed by atoms with van der Waals surface area (Å²) >= 11 is 11.6. The number of hydrogen-bond donors (Lipinski definition) is 0. The molecule has 0 spiro atoms. The van der Waals surface area contributed by atoms with Crippen molar-refractivity contribution in [3.05, 3.63) is 40.9 Å². The molecular formula is C8H7Cl2O. The number of halogens is 2. The third kappa shape index (κ3) is 2.09. The molecule has 0 saturated carbocycles. The van der Waals surface area contributed by atoms with E-state index in [0.29, 0.717) is 16.7 Å². The maximum absolute atomic E-state index is 5.83. The van der Waals surface area contributed by atoms with Crippen molar-refractivity contribution in [1.29, 1.82) is 0 Å². The summed E-state index contributed by atoms with van der Waals surface area (Å²) in [6.07, 6.45) is 0. The Balaban J connectivity index is 2.96. The van der Waals surface area contributed by atoms with Crippen molar-refractivity contribution in [1.82, 2.24) is 0 Å².